The summed E-state index contributed by atoms with van der Waals surface area (Å²) in [6, 6.07) is 50.4. The van der Waals surface area contributed by atoms with Crippen molar-refractivity contribution in [3.8, 4) is 0 Å². The van der Waals surface area contributed by atoms with Gasteiger partial charge < -0.3 is 33.5 Å². The second-order valence-electron chi connectivity index (χ2n) is 13.5. The van der Waals surface area contributed by atoms with Crippen molar-refractivity contribution in [1.82, 2.24) is 0 Å². The molecule has 0 aromatic heterocycles. The number of aliphatic hydroxyl groups is 1. The third-order valence-corrected chi connectivity index (χ3v) is 8.75. The Kier molecular flexibility index (Phi) is 16.5. The molecule has 0 aliphatic rings. The van der Waals surface area contributed by atoms with Crippen molar-refractivity contribution >= 4 is 0 Å². The van der Waals surface area contributed by atoms with Gasteiger partial charge in [0.2, 0.25) is 0 Å². The number of hydrogen-bond acceptors (Lipinski definition) is 7. The SMILES string of the molecule is OCC(COCc1ccccc1)(COCc1ccccc1)COCC(COCc1ccccc1)(COCc1ccccc1)COCc1ccccc1. The Labute approximate surface area is 309 Å². The van der Waals surface area contributed by atoms with Crippen LogP contribution in [0.5, 0.6) is 0 Å². The minimum atomic E-state index is -0.810. The van der Waals surface area contributed by atoms with Crippen molar-refractivity contribution in [3.63, 3.8) is 0 Å². The first-order chi connectivity index (χ1) is 25.7. The average molecular weight is 705 g/mol. The first-order valence-electron chi connectivity index (χ1n) is 17.9. The second kappa shape index (κ2) is 22.0. The van der Waals surface area contributed by atoms with Crippen LogP contribution in [0.25, 0.3) is 0 Å². The Morgan fingerprint density at radius 1 is 0.288 bits per heavy atom. The van der Waals surface area contributed by atoms with Crippen LogP contribution in [-0.4, -0.2) is 58.0 Å². The molecule has 0 saturated carbocycles. The molecule has 0 heterocycles. The van der Waals surface area contributed by atoms with Gasteiger partial charge in [-0.3, -0.25) is 0 Å². The molecule has 0 aliphatic heterocycles. The van der Waals surface area contributed by atoms with E-state index in [0.717, 1.165) is 27.8 Å². The van der Waals surface area contributed by atoms with E-state index in [1.807, 2.05) is 115 Å². The van der Waals surface area contributed by atoms with Crippen LogP contribution >= 0.6 is 0 Å². The zero-order valence-corrected chi connectivity index (χ0v) is 30.0. The predicted octanol–water partition coefficient (Wildman–Crippen LogP) is 8.05. The van der Waals surface area contributed by atoms with Gasteiger partial charge >= 0.3 is 0 Å². The van der Waals surface area contributed by atoms with Crippen LogP contribution < -0.4 is 0 Å². The van der Waals surface area contributed by atoms with E-state index >= 15 is 0 Å². The highest BCUT2D eigenvalue weighted by Crippen LogP contribution is 2.27. The van der Waals surface area contributed by atoms with Crippen molar-refractivity contribution in [2.24, 2.45) is 10.8 Å². The molecule has 7 heteroatoms. The second-order valence-corrected chi connectivity index (χ2v) is 13.5. The van der Waals surface area contributed by atoms with Crippen molar-refractivity contribution < 1.29 is 33.5 Å². The molecule has 0 aliphatic carbocycles. The van der Waals surface area contributed by atoms with Gasteiger partial charge in [-0.15, -0.1) is 0 Å². The summed E-state index contributed by atoms with van der Waals surface area (Å²) in [5.74, 6) is 0. The summed E-state index contributed by atoms with van der Waals surface area (Å²) < 4.78 is 38.2. The number of hydrogen-bond donors (Lipinski definition) is 1. The molecule has 5 aromatic rings. The lowest BCUT2D eigenvalue weighted by atomic mass is 9.90. The lowest BCUT2D eigenvalue weighted by Gasteiger charge is -2.36. The van der Waals surface area contributed by atoms with Crippen molar-refractivity contribution in [2.75, 3.05) is 52.9 Å². The van der Waals surface area contributed by atoms with Crippen LogP contribution in [-0.2, 0) is 61.5 Å². The molecule has 274 valence electrons. The van der Waals surface area contributed by atoms with E-state index in [1.54, 1.807) is 0 Å². The molecule has 1 N–H and O–H groups in total. The molecule has 0 spiro atoms. The highest BCUT2D eigenvalue weighted by atomic mass is 16.5. The fourth-order valence-corrected chi connectivity index (χ4v) is 5.79. The van der Waals surface area contributed by atoms with Gasteiger partial charge in [-0.05, 0) is 27.8 Å². The monoisotopic (exact) mass is 704 g/mol. The molecular weight excluding hydrogens is 652 g/mol. The van der Waals surface area contributed by atoms with Crippen LogP contribution in [0.1, 0.15) is 27.8 Å². The van der Waals surface area contributed by atoms with Gasteiger partial charge in [-0.25, -0.2) is 0 Å². The molecular formula is C45H52O7. The van der Waals surface area contributed by atoms with Crippen molar-refractivity contribution in [3.05, 3.63) is 179 Å². The number of rotatable bonds is 25. The number of benzene rings is 5. The minimum Gasteiger partial charge on any atom is -0.396 e. The van der Waals surface area contributed by atoms with Crippen molar-refractivity contribution in [2.45, 2.75) is 33.0 Å². The molecule has 5 aromatic carbocycles. The molecule has 52 heavy (non-hydrogen) atoms. The molecule has 0 fully saturated rings. The Hall–Kier alpha value is -4.18. The fourth-order valence-electron chi connectivity index (χ4n) is 5.79. The van der Waals surface area contributed by atoms with Gasteiger partial charge in [0.05, 0.1) is 96.7 Å². The average Bonchev–Trinajstić information content (AvgIpc) is 3.20. The third kappa shape index (κ3) is 13.7. The highest BCUT2D eigenvalue weighted by molar-refractivity contribution is 5.16. The zero-order chi connectivity index (χ0) is 36.0. The molecule has 0 amide bonds. The number of ether oxygens (including phenoxy) is 6. The van der Waals surface area contributed by atoms with Crippen LogP contribution in [0.3, 0.4) is 0 Å². The van der Waals surface area contributed by atoms with Crippen LogP contribution in [0, 0.1) is 10.8 Å². The first kappa shape index (κ1) is 39.0. The smallest absolute Gasteiger partial charge is 0.0717 e. The number of aliphatic hydroxyl groups excluding tert-OH is 1. The summed E-state index contributed by atoms with van der Waals surface area (Å²) in [7, 11) is 0. The van der Waals surface area contributed by atoms with Gasteiger partial charge in [0.25, 0.3) is 0 Å². The van der Waals surface area contributed by atoms with Gasteiger partial charge in [0, 0.05) is 0 Å². The molecule has 0 saturated heterocycles. The molecule has 5 rings (SSSR count). The summed E-state index contributed by atoms with van der Waals surface area (Å²) >= 11 is 0. The summed E-state index contributed by atoms with van der Waals surface area (Å²) in [6.07, 6.45) is 0. The summed E-state index contributed by atoms with van der Waals surface area (Å²) in [5, 5.41) is 10.9. The largest absolute Gasteiger partial charge is 0.396 e. The molecule has 0 unspecified atom stereocenters. The third-order valence-electron chi connectivity index (χ3n) is 8.75. The maximum Gasteiger partial charge on any atom is 0.0717 e. The Morgan fingerprint density at radius 2 is 0.500 bits per heavy atom. The summed E-state index contributed by atoms with van der Waals surface area (Å²) in [4.78, 5) is 0. The highest BCUT2D eigenvalue weighted by Gasteiger charge is 2.36. The quantitative estimate of drug-likeness (QED) is 0.0659. The van der Waals surface area contributed by atoms with Crippen LogP contribution in [0.15, 0.2) is 152 Å². The fraction of sp³-hybridized carbons (Fsp3) is 0.333. The lowest BCUT2D eigenvalue weighted by Crippen LogP contribution is -2.45. The molecule has 7 nitrogen and oxygen atoms in total. The normalized spacial score (nSPS) is 11.9. The molecule has 0 bridgehead atoms. The van der Waals surface area contributed by atoms with E-state index in [4.69, 9.17) is 28.4 Å². The zero-order valence-electron chi connectivity index (χ0n) is 30.0. The van der Waals surface area contributed by atoms with Gasteiger partial charge in [-0.1, -0.05) is 152 Å². The lowest BCUT2D eigenvalue weighted by molar-refractivity contribution is -0.143. The van der Waals surface area contributed by atoms with Crippen LogP contribution in [0.4, 0.5) is 0 Å². The van der Waals surface area contributed by atoms with Crippen LogP contribution in [0.2, 0.25) is 0 Å². The van der Waals surface area contributed by atoms with E-state index in [2.05, 4.69) is 36.4 Å². The summed E-state index contributed by atoms with van der Waals surface area (Å²) in [5.41, 5.74) is 3.89. The van der Waals surface area contributed by atoms with E-state index in [1.165, 1.54) is 0 Å². The van der Waals surface area contributed by atoms with Gasteiger partial charge in [-0.2, -0.15) is 0 Å². The first-order valence-corrected chi connectivity index (χ1v) is 17.9. The predicted molar refractivity (Wildman–Crippen MR) is 203 cm³/mol. The van der Waals surface area contributed by atoms with Gasteiger partial charge in [0.15, 0.2) is 0 Å². The van der Waals surface area contributed by atoms with Crippen molar-refractivity contribution in [1.29, 1.82) is 0 Å². The maximum atomic E-state index is 10.9. The molecule has 0 radical (unpaired) electrons. The standard InChI is InChI=1S/C45H52O7/c46-31-44(32-47-26-39-16-6-1-7-17-39,33-48-27-40-18-8-2-9-19-40)34-52-38-45(35-49-28-41-20-10-3-11-21-41,36-50-29-42-22-12-4-13-23-42)37-51-30-43-24-14-5-15-25-43/h1-25,46H,26-38H2. The Balaban J connectivity index is 1.31. The maximum absolute atomic E-state index is 10.9. The molecule has 0 atom stereocenters. The minimum absolute atomic E-state index is 0.177. The van der Waals surface area contributed by atoms with E-state index in [9.17, 15) is 5.11 Å². The Bertz CT molecular complexity index is 1460. The Morgan fingerprint density at radius 3 is 0.750 bits per heavy atom. The topological polar surface area (TPSA) is 75.6 Å². The van der Waals surface area contributed by atoms with E-state index in [0.29, 0.717) is 52.9 Å². The summed E-state index contributed by atoms with van der Waals surface area (Å²) in [6.45, 7) is 3.98. The van der Waals surface area contributed by atoms with Gasteiger partial charge in [0.1, 0.15) is 0 Å². The van der Waals surface area contributed by atoms with E-state index < -0.39 is 10.8 Å². The van der Waals surface area contributed by atoms with E-state index in [-0.39, 0.29) is 33.0 Å².